The summed E-state index contributed by atoms with van der Waals surface area (Å²) in [6, 6.07) is 1.75. The molecule has 1 amide bonds. The summed E-state index contributed by atoms with van der Waals surface area (Å²) >= 11 is 0. The number of pyridine rings is 1. The smallest absolute Gasteiger partial charge is 0.381 e. The molecule has 0 radical (unpaired) electrons. The van der Waals surface area contributed by atoms with Crippen molar-refractivity contribution in [3.8, 4) is 0 Å². The Balaban J connectivity index is 1.51. The summed E-state index contributed by atoms with van der Waals surface area (Å²) < 4.78 is 45.8. The number of nitrogens with zero attached hydrogens (tertiary/aromatic N) is 2. The van der Waals surface area contributed by atoms with Gasteiger partial charge in [-0.1, -0.05) is 13.8 Å². The topological polar surface area (TPSA) is 65.7 Å². The van der Waals surface area contributed by atoms with E-state index in [9.17, 15) is 23.2 Å². The zero-order chi connectivity index (χ0) is 23.8. The molecule has 3 heterocycles. The molecule has 2 fully saturated rings. The van der Waals surface area contributed by atoms with Gasteiger partial charge >= 0.3 is 6.18 Å². The van der Waals surface area contributed by atoms with Gasteiger partial charge in [-0.05, 0) is 50.5 Å². The minimum atomic E-state index is -4.56. The summed E-state index contributed by atoms with van der Waals surface area (Å²) in [4.78, 5) is 15.6. The number of aromatic nitrogens is 1. The second kappa shape index (κ2) is 9.41. The van der Waals surface area contributed by atoms with Gasteiger partial charge in [-0.3, -0.25) is 10.0 Å². The van der Waals surface area contributed by atoms with Crippen LogP contribution in [0.3, 0.4) is 0 Å². The van der Waals surface area contributed by atoms with Crippen LogP contribution in [0, 0.1) is 11.3 Å². The van der Waals surface area contributed by atoms with Gasteiger partial charge in [-0.15, -0.1) is 0 Å². The van der Waals surface area contributed by atoms with Crippen molar-refractivity contribution in [2.24, 2.45) is 11.3 Å². The first-order valence-electron chi connectivity index (χ1n) is 12.0. The predicted molar refractivity (Wildman–Crippen MR) is 114 cm³/mol. The Morgan fingerprint density at radius 3 is 2.70 bits per heavy atom. The highest BCUT2D eigenvalue weighted by atomic mass is 19.4. The molecule has 6 nitrogen and oxygen atoms in total. The van der Waals surface area contributed by atoms with Gasteiger partial charge in [0.15, 0.2) is 0 Å². The number of amides is 1. The molecule has 1 saturated heterocycles. The Hall–Kier alpha value is -1.87. The first-order chi connectivity index (χ1) is 15.6. The molecule has 1 saturated carbocycles. The van der Waals surface area contributed by atoms with Crippen molar-refractivity contribution in [3.63, 3.8) is 0 Å². The fraction of sp³-hybridized carbons (Fsp3) is 0.750. The van der Waals surface area contributed by atoms with Crippen molar-refractivity contribution >= 4 is 5.91 Å². The maximum atomic E-state index is 13.9. The van der Waals surface area contributed by atoms with Crippen molar-refractivity contribution in [2.75, 3.05) is 19.8 Å². The van der Waals surface area contributed by atoms with E-state index in [0.717, 1.165) is 57.8 Å². The van der Waals surface area contributed by atoms with E-state index in [1.807, 2.05) is 0 Å². The lowest BCUT2D eigenvalue weighted by molar-refractivity contribution is -0.910. The van der Waals surface area contributed by atoms with Crippen molar-refractivity contribution in [2.45, 2.75) is 83.6 Å². The number of carbonyl (C=O) groups excluding carboxylic acids is 1. The van der Waals surface area contributed by atoms with Crippen LogP contribution >= 0.6 is 0 Å². The highest BCUT2D eigenvalue weighted by Crippen LogP contribution is 2.46. The number of carbonyl (C=O) groups is 1. The first-order valence-corrected chi connectivity index (χ1v) is 12.0. The molecule has 2 aliphatic heterocycles. The van der Waals surface area contributed by atoms with E-state index in [4.69, 9.17) is 4.74 Å². The first kappa shape index (κ1) is 24.3. The number of ether oxygens (including phenoxy) is 1. The maximum Gasteiger partial charge on any atom is 0.422 e. The number of hydrogen-bond acceptors (Lipinski definition) is 4. The summed E-state index contributed by atoms with van der Waals surface area (Å²) in [5, 5.41) is 13.8. The molecule has 33 heavy (non-hydrogen) atoms. The summed E-state index contributed by atoms with van der Waals surface area (Å²) in [6.07, 6.45) is 1.68. The molecular formula is C24H35F3N3O3+. The zero-order valence-electron chi connectivity index (χ0n) is 19.5. The van der Waals surface area contributed by atoms with E-state index in [1.165, 1.54) is 0 Å². The third-order valence-electron chi connectivity index (χ3n) is 7.39. The molecule has 2 N–H and O–H groups in total. The monoisotopic (exact) mass is 470 g/mol. The standard InChI is InChI=1S/C24H35F3N3O3/c1-16(2)12-23(7-3-20(13-23)28-19-5-9-33-10-6-19)22(31)29-8-4-21-17(14-29)11-18(15-30(21)32)24(25,26)27/h11,15-16,19-20,28,32H,3-10,12-14H2,1-2H3/q+1/t20-,23-/m1/s1. The van der Waals surface area contributed by atoms with Gasteiger partial charge in [0, 0.05) is 42.1 Å². The van der Waals surface area contributed by atoms with Crippen molar-refractivity contribution in [1.82, 2.24) is 10.2 Å². The van der Waals surface area contributed by atoms with E-state index >= 15 is 0 Å². The Morgan fingerprint density at radius 1 is 1.30 bits per heavy atom. The largest absolute Gasteiger partial charge is 0.422 e. The van der Waals surface area contributed by atoms with Crippen LogP contribution in [0.1, 0.15) is 69.2 Å². The number of fused-ring (bicyclic) bond motifs is 1. The van der Waals surface area contributed by atoms with Crippen molar-refractivity contribution in [3.05, 3.63) is 29.1 Å². The van der Waals surface area contributed by atoms with E-state index in [1.54, 1.807) is 4.90 Å². The van der Waals surface area contributed by atoms with Gasteiger partial charge in [-0.2, -0.15) is 13.2 Å². The third-order valence-corrected chi connectivity index (χ3v) is 7.39. The number of alkyl halides is 3. The van der Waals surface area contributed by atoms with Crippen molar-refractivity contribution < 1.29 is 32.6 Å². The average molecular weight is 471 g/mol. The minimum absolute atomic E-state index is 0.0417. The molecule has 0 unspecified atom stereocenters. The Kier molecular flexibility index (Phi) is 6.92. The number of nitrogens with one attached hydrogen (secondary N) is 1. The molecule has 1 aliphatic carbocycles. The van der Waals surface area contributed by atoms with Gasteiger partial charge in [-0.25, -0.2) is 0 Å². The van der Waals surface area contributed by atoms with Gasteiger partial charge in [0.1, 0.15) is 5.56 Å². The zero-order valence-corrected chi connectivity index (χ0v) is 19.5. The van der Waals surface area contributed by atoms with E-state index in [0.29, 0.717) is 47.1 Å². The molecule has 0 spiro atoms. The number of rotatable bonds is 5. The molecule has 0 bridgehead atoms. The van der Waals surface area contributed by atoms with Gasteiger partial charge in [0.2, 0.25) is 17.8 Å². The quantitative estimate of drug-likeness (QED) is 0.511. The Labute approximate surface area is 193 Å². The SMILES string of the molecule is CC(C)C[C@]1(C(=O)N2CCc3c(cc(C(F)(F)F)c[n+]3O)C2)CC[C@@H](NC2CCOCC2)C1. The van der Waals surface area contributed by atoms with E-state index in [2.05, 4.69) is 19.2 Å². The van der Waals surface area contributed by atoms with Crippen LogP contribution in [-0.4, -0.2) is 47.9 Å². The Morgan fingerprint density at radius 2 is 2.03 bits per heavy atom. The molecule has 1 aromatic rings. The second-order valence-electron chi connectivity index (χ2n) is 10.4. The third kappa shape index (κ3) is 5.29. The molecule has 3 aliphatic rings. The van der Waals surface area contributed by atoms with Crippen LogP contribution in [0.25, 0.3) is 0 Å². The summed E-state index contributed by atoms with van der Waals surface area (Å²) in [7, 11) is 0. The highest BCUT2D eigenvalue weighted by molar-refractivity contribution is 5.83. The van der Waals surface area contributed by atoms with Crippen LogP contribution in [-0.2, 0) is 28.7 Å². The Bertz CT molecular complexity index is 870. The molecular weight excluding hydrogens is 435 g/mol. The predicted octanol–water partition coefficient (Wildman–Crippen LogP) is 3.47. The van der Waals surface area contributed by atoms with E-state index < -0.39 is 17.2 Å². The van der Waals surface area contributed by atoms with Gasteiger partial charge < -0.3 is 15.0 Å². The normalized spacial score (nSPS) is 26.6. The fourth-order valence-electron chi connectivity index (χ4n) is 5.98. The lowest BCUT2D eigenvalue weighted by atomic mass is 9.76. The van der Waals surface area contributed by atoms with E-state index in [-0.39, 0.29) is 18.5 Å². The minimum Gasteiger partial charge on any atom is -0.381 e. The molecule has 9 heteroatoms. The fourth-order valence-corrected chi connectivity index (χ4v) is 5.98. The summed E-state index contributed by atoms with van der Waals surface area (Å²) in [5.74, 6) is 0.379. The van der Waals surface area contributed by atoms with Gasteiger partial charge in [0.05, 0.1) is 18.4 Å². The molecule has 184 valence electrons. The second-order valence-corrected chi connectivity index (χ2v) is 10.4. The van der Waals surface area contributed by atoms with Crippen LogP contribution < -0.4 is 10.0 Å². The lowest BCUT2D eigenvalue weighted by Gasteiger charge is -2.37. The lowest BCUT2D eigenvalue weighted by Crippen LogP contribution is -2.50. The summed E-state index contributed by atoms with van der Waals surface area (Å²) in [6.45, 7) is 6.25. The van der Waals surface area contributed by atoms with Crippen LogP contribution in [0.4, 0.5) is 13.2 Å². The van der Waals surface area contributed by atoms with Crippen LogP contribution in [0.15, 0.2) is 12.3 Å². The molecule has 4 rings (SSSR count). The maximum absolute atomic E-state index is 13.9. The molecule has 1 aromatic heterocycles. The number of hydrogen-bond donors (Lipinski definition) is 2. The average Bonchev–Trinajstić information content (AvgIpc) is 3.15. The molecule has 0 aromatic carbocycles. The van der Waals surface area contributed by atoms with Gasteiger partial charge in [0.25, 0.3) is 0 Å². The van der Waals surface area contributed by atoms with Crippen LogP contribution in [0.5, 0.6) is 0 Å². The highest BCUT2D eigenvalue weighted by Gasteiger charge is 2.48. The van der Waals surface area contributed by atoms with Crippen LogP contribution in [0.2, 0.25) is 0 Å². The van der Waals surface area contributed by atoms with Crippen molar-refractivity contribution in [1.29, 1.82) is 0 Å². The number of halogens is 3. The molecule has 2 atom stereocenters. The summed E-state index contributed by atoms with van der Waals surface area (Å²) in [5.41, 5.74) is -0.598.